The van der Waals surface area contributed by atoms with Crippen LogP contribution in [0.3, 0.4) is 0 Å². The second kappa shape index (κ2) is 5.20. The third-order valence-corrected chi connectivity index (χ3v) is 4.65. The zero-order valence-corrected chi connectivity index (χ0v) is 11.5. The Morgan fingerprint density at radius 3 is 2.25 bits per heavy atom. The second-order valence-corrected chi connectivity index (χ2v) is 6.52. The van der Waals surface area contributed by atoms with Crippen LogP contribution < -0.4 is 5.73 Å². The third kappa shape index (κ3) is 3.14. The number of sulfone groups is 1. The Hall–Kier alpha value is -1.95. The summed E-state index contributed by atoms with van der Waals surface area (Å²) in [5.74, 6) is -2.09. The van der Waals surface area contributed by atoms with Crippen LogP contribution in [0.25, 0.3) is 0 Å². The van der Waals surface area contributed by atoms with Crippen molar-refractivity contribution in [1.29, 1.82) is 0 Å². The molecule has 2 aromatic rings. The van der Waals surface area contributed by atoms with Gasteiger partial charge in [0.05, 0.1) is 10.6 Å². The molecule has 2 rings (SSSR count). The van der Waals surface area contributed by atoms with Crippen LogP contribution >= 0.6 is 0 Å². The van der Waals surface area contributed by atoms with Gasteiger partial charge in [-0.15, -0.1) is 0 Å². The van der Waals surface area contributed by atoms with Crippen molar-refractivity contribution in [3.05, 3.63) is 59.2 Å². The molecule has 0 fully saturated rings. The van der Waals surface area contributed by atoms with Gasteiger partial charge in [0, 0.05) is 11.8 Å². The van der Waals surface area contributed by atoms with Gasteiger partial charge in [0.15, 0.2) is 9.84 Å². The molecular weight excluding hydrogens is 284 g/mol. The molecule has 0 aromatic heterocycles. The summed E-state index contributed by atoms with van der Waals surface area (Å²) in [5.41, 5.74) is 6.50. The number of nitrogen functional groups attached to an aromatic ring is 1. The predicted octanol–water partition coefficient (Wildman–Crippen LogP) is 2.83. The number of benzene rings is 2. The number of nitrogens with two attached hydrogens (primary N) is 1. The molecule has 6 heteroatoms. The molecule has 2 N–H and O–H groups in total. The van der Waals surface area contributed by atoms with E-state index in [1.165, 1.54) is 6.07 Å². The van der Waals surface area contributed by atoms with E-state index in [0.29, 0.717) is 17.3 Å². The Kier molecular flexibility index (Phi) is 3.76. The fraction of sp³-hybridized carbons (Fsp3) is 0.143. The molecule has 0 radical (unpaired) electrons. The maximum atomic E-state index is 13.1. The topological polar surface area (TPSA) is 60.2 Å². The van der Waals surface area contributed by atoms with E-state index in [2.05, 4.69) is 0 Å². The van der Waals surface area contributed by atoms with E-state index in [4.69, 9.17) is 5.73 Å². The molecule has 0 spiro atoms. The highest BCUT2D eigenvalue weighted by atomic mass is 32.2. The van der Waals surface area contributed by atoms with Crippen molar-refractivity contribution >= 4 is 15.5 Å². The van der Waals surface area contributed by atoms with E-state index in [0.717, 1.165) is 12.1 Å². The molecule has 2 aromatic carbocycles. The van der Waals surface area contributed by atoms with Crippen molar-refractivity contribution in [2.45, 2.75) is 17.6 Å². The Morgan fingerprint density at radius 2 is 1.65 bits per heavy atom. The molecule has 3 nitrogen and oxygen atoms in total. The van der Waals surface area contributed by atoms with Crippen LogP contribution in [0.5, 0.6) is 0 Å². The molecule has 0 aliphatic heterocycles. The lowest BCUT2D eigenvalue weighted by molar-refractivity contribution is 0.579. The number of hydrogen-bond acceptors (Lipinski definition) is 3. The van der Waals surface area contributed by atoms with Gasteiger partial charge in [-0.1, -0.05) is 6.07 Å². The van der Waals surface area contributed by atoms with Crippen LogP contribution in [-0.2, 0) is 15.6 Å². The van der Waals surface area contributed by atoms with Crippen LogP contribution in [0.15, 0.2) is 41.3 Å². The minimum atomic E-state index is -3.71. The maximum absolute atomic E-state index is 13.1. The molecule has 0 bridgehead atoms. The number of rotatable bonds is 3. The number of halogens is 2. The van der Waals surface area contributed by atoms with Gasteiger partial charge < -0.3 is 5.73 Å². The lowest BCUT2D eigenvalue weighted by Gasteiger charge is -2.09. The zero-order valence-electron chi connectivity index (χ0n) is 10.7. The summed E-state index contributed by atoms with van der Waals surface area (Å²) in [7, 11) is -3.71. The largest absolute Gasteiger partial charge is 0.399 e. The normalized spacial score (nSPS) is 11.6. The van der Waals surface area contributed by atoms with Crippen molar-refractivity contribution in [2.75, 3.05) is 5.73 Å². The molecule has 0 aliphatic rings. The van der Waals surface area contributed by atoms with Crippen LogP contribution in [-0.4, -0.2) is 8.42 Å². The summed E-state index contributed by atoms with van der Waals surface area (Å²) in [6.45, 7) is 1.64. The lowest BCUT2D eigenvalue weighted by atomic mass is 10.2. The quantitative estimate of drug-likeness (QED) is 0.886. The fourth-order valence-electron chi connectivity index (χ4n) is 1.94. The molecule has 20 heavy (non-hydrogen) atoms. The molecule has 0 unspecified atom stereocenters. The van der Waals surface area contributed by atoms with E-state index in [1.807, 2.05) is 0 Å². The van der Waals surface area contributed by atoms with Gasteiger partial charge in [-0.05, 0) is 42.3 Å². The maximum Gasteiger partial charge on any atom is 0.182 e. The van der Waals surface area contributed by atoms with Crippen LogP contribution in [0.2, 0.25) is 0 Å². The first-order chi connectivity index (χ1) is 9.28. The average molecular weight is 297 g/mol. The first-order valence-corrected chi connectivity index (χ1v) is 7.47. The van der Waals surface area contributed by atoms with E-state index in [1.54, 1.807) is 19.1 Å². The number of anilines is 1. The van der Waals surface area contributed by atoms with Gasteiger partial charge >= 0.3 is 0 Å². The summed E-state index contributed by atoms with van der Waals surface area (Å²) in [5, 5.41) is 0. The smallest absolute Gasteiger partial charge is 0.182 e. The zero-order chi connectivity index (χ0) is 14.9. The molecule has 0 amide bonds. The van der Waals surface area contributed by atoms with E-state index < -0.39 is 27.2 Å². The highest BCUT2D eigenvalue weighted by molar-refractivity contribution is 7.90. The Morgan fingerprint density at radius 1 is 1.05 bits per heavy atom. The first-order valence-electron chi connectivity index (χ1n) is 5.82. The SMILES string of the molecule is Cc1ccc(N)cc1S(=O)(=O)Cc1cc(F)cc(F)c1. The molecule has 0 atom stereocenters. The summed E-state index contributed by atoms with van der Waals surface area (Å²) in [6.07, 6.45) is 0. The Balaban J connectivity index is 2.43. The van der Waals surface area contributed by atoms with E-state index in [-0.39, 0.29) is 10.5 Å². The highest BCUT2D eigenvalue weighted by Gasteiger charge is 2.19. The van der Waals surface area contributed by atoms with Crippen LogP contribution in [0.4, 0.5) is 14.5 Å². The molecule has 0 aliphatic carbocycles. The fourth-order valence-corrected chi connectivity index (χ4v) is 3.58. The third-order valence-electron chi connectivity index (χ3n) is 2.83. The Labute approximate surface area is 116 Å². The molecule has 0 heterocycles. The van der Waals surface area contributed by atoms with Crippen molar-refractivity contribution in [3.8, 4) is 0 Å². The molecular formula is C14H13F2NO2S. The minimum absolute atomic E-state index is 0.0596. The minimum Gasteiger partial charge on any atom is -0.399 e. The van der Waals surface area contributed by atoms with Gasteiger partial charge in [0.25, 0.3) is 0 Å². The summed E-state index contributed by atoms with van der Waals surface area (Å²) < 4.78 is 50.8. The van der Waals surface area contributed by atoms with Crippen molar-refractivity contribution < 1.29 is 17.2 Å². The summed E-state index contributed by atoms with van der Waals surface area (Å²) in [4.78, 5) is 0.0715. The predicted molar refractivity (Wildman–Crippen MR) is 72.8 cm³/mol. The molecule has 106 valence electrons. The summed E-state index contributed by atoms with van der Waals surface area (Å²) in [6, 6.07) is 7.23. The molecule has 0 saturated carbocycles. The standard InChI is InChI=1S/C14H13F2NO2S/c1-9-2-3-13(17)7-14(9)20(18,19)8-10-4-11(15)6-12(16)5-10/h2-7H,8,17H2,1H3. The van der Waals surface area contributed by atoms with Crippen molar-refractivity contribution in [1.82, 2.24) is 0 Å². The molecule has 0 saturated heterocycles. The highest BCUT2D eigenvalue weighted by Crippen LogP contribution is 2.23. The van der Waals surface area contributed by atoms with Gasteiger partial charge in [0.1, 0.15) is 11.6 Å². The van der Waals surface area contributed by atoms with Gasteiger partial charge in [0.2, 0.25) is 0 Å². The lowest BCUT2D eigenvalue weighted by Crippen LogP contribution is -2.08. The van der Waals surface area contributed by atoms with E-state index >= 15 is 0 Å². The number of aryl methyl sites for hydroxylation is 1. The average Bonchev–Trinajstić information content (AvgIpc) is 2.30. The van der Waals surface area contributed by atoms with Crippen LogP contribution in [0.1, 0.15) is 11.1 Å². The van der Waals surface area contributed by atoms with Gasteiger partial charge in [-0.2, -0.15) is 0 Å². The van der Waals surface area contributed by atoms with Gasteiger partial charge in [-0.25, -0.2) is 17.2 Å². The Bertz CT molecular complexity index is 738. The van der Waals surface area contributed by atoms with Gasteiger partial charge in [-0.3, -0.25) is 0 Å². The monoisotopic (exact) mass is 297 g/mol. The summed E-state index contributed by atoms with van der Waals surface area (Å²) >= 11 is 0. The van der Waals surface area contributed by atoms with E-state index in [9.17, 15) is 17.2 Å². The van der Waals surface area contributed by atoms with Crippen molar-refractivity contribution in [3.63, 3.8) is 0 Å². The van der Waals surface area contributed by atoms with Crippen molar-refractivity contribution in [2.24, 2.45) is 0 Å². The second-order valence-electron chi connectivity index (χ2n) is 4.56. The van der Waals surface area contributed by atoms with Crippen LogP contribution in [0, 0.1) is 18.6 Å². The first kappa shape index (κ1) is 14.5. The number of hydrogen-bond donors (Lipinski definition) is 1.